The largest absolute Gasteiger partial charge is 0.370 e. The SMILES string of the molecule is [N-]=[N+]=NCC(=O)NC(CCC(N)=O)C(N)=O. The average molecular weight is 228 g/mol. The number of azide groups is 1. The Labute approximate surface area is 90.8 Å². The lowest BCUT2D eigenvalue weighted by molar-refractivity contribution is -0.127. The van der Waals surface area contributed by atoms with Crippen LogP contribution in [0.25, 0.3) is 10.4 Å². The number of nitrogens with zero attached hydrogens (tertiary/aromatic N) is 3. The molecule has 9 nitrogen and oxygen atoms in total. The van der Waals surface area contributed by atoms with Crippen molar-refractivity contribution in [2.75, 3.05) is 6.54 Å². The number of hydrogen-bond donors (Lipinski definition) is 3. The molecule has 0 aliphatic heterocycles. The number of rotatable bonds is 7. The van der Waals surface area contributed by atoms with E-state index in [4.69, 9.17) is 17.0 Å². The van der Waals surface area contributed by atoms with E-state index in [9.17, 15) is 14.4 Å². The molecule has 0 heterocycles. The Balaban J connectivity index is 4.22. The van der Waals surface area contributed by atoms with E-state index in [1.165, 1.54) is 0 Å². The highest BCUT2D eigenvalue weighted by Gasteiger charge is 2.17. The van der Waals surface area contributed by atoms with Gasteiger partial charge in [0, 0.05) is 11.3 Å². The maximum atomic E-state index is 11.1. The molecule has 1 unspecified atom stereocenters. The lowest BCUT2D eigenvalue weighted by atomic mass is 10.1. The number of primary amides is 2. The molecule has 0 saturated heterocycles. The van der Waals surface area contributed by atoms with Gasteiger partial charge in [0.25, 0.3) is 0 Å². The zero-order valence-corrected chi connectivity index (χ0v) is 8.42. The molecule has 1 atom stereocenters. The van der Waals surface area contributed by atoms with Crippen LogP contribution in [0.3, 0.4) is 0 Å². The zero-order valence-electron chi connectivity index (χ0n) is 8.42. The Hall–Kier alpha value is -2.28. The second-order valence-electron chi connectivity index (χ2n) is 2.92. The Morgan fingerprint density at radius 3 is 2.44 bits per heavy atom. The van der Waals surface area contributed by atoms with Crippen molar-refractivity contribution >= 4 is 17.7 Å². The molecule has 5 N–H and O–H groups in total. The minimum Gasteiger partial charge on any atom is -0.370 e. The van der Waals surface area contributed by atoms with Crippen LogP contribution in [0.1, 0.15) is 12.8 Å². The highest BCUT2D eigenvalue weighted by atomic mass is 16.2. The molecule has 0 radical (unpaired) electrons. The van der Waals surface area contributed by atoms with Crippen molar-refractivity contribution in [2.45, 2.75) is 18.9 Å². The quantitative estimate of drug-likeness (QED) is 0.275. The van der Waals surface area contributed by atoms with Gasteiger partial charge in [-0.2, -0.15) is 0 Å². The minimum absolute atomic E-state index is 0.0205. The number of carbonyl (C=O) groups excluding carboxylic acids is 3. The zero-order chi connectivity index (χ0) is 12.6. The van der Waals surface area contributed by atoms with Gasteiger partial charge in [0.15, 0.2) is 0 Å². The maximum Gasteiger partial charge on any atom is 0.240 e. The summed E-state index contributed by atoms with van der Waals surface area (Å²) in [4.78, 5) is 34.8. The van der Waals surface area contributed by atoms with Crippen LogP contribution >= 0.6 is 0 Å². The summed E-state index contributed by atoms with van der Waals surface area (Å²) in [5, 5.41) is 5.22. The van der Waals surface area contributed by atoms with Crippen LogP contribution in [0.15, 0.2) is 5.11 Å². The van der Waals surface area contributed by atoms with E-state index in [1.54, 1.807) is 0 Å². The molecule has 0 aliphatic carbocycles. The second kappa shape index (κ2) is 7.07. The molecule has 0 aromatic carbocycles. The summed E-state index contributed by atoms with van der Waals surface area (Å²) < 4.78 is 0. The number of nitrogens with two attached hydrogens (primary N) is 2. The monoisotopic (exact) mass is 228 g/mol. The molecule has 0 fully saturated rings. The second-order valence-corrected chi connectivity index (χ2v) is 2.92. The van der Waals surface area contributed by atoms with Crippen molar-refractivity contribution in [3.63, 3.8) is 0 Å². The summed E-state index contributed by atoms with van der Waals surface area (Å²) in [6.07, 6.45) is -0.0535. The van der Waals surface area contributed by atoms with Crippen LogP contribution in [0, 0.1) is 0 Å². The van der Waals surface area contributed by atoms with E-state index in [-0.39, 0.29) is 12.8 Å². The smallest absolute Gasteiger partial charge is 0.240 e. The van der Waals surface area contributed by atoms with E-state index in [2.05, 4.69) is 15.3 Å². The third kappa shape index (κ3) is 6.22. The topological polar surface area (TPSA) is 164 Å². The van der Waals surface area contributed by atoms with E-state index in [0.717, 1.165) is 0 Å². The Morgan fingerprint density at radius 2 is 2.00 bits per heavy atom. The molecule has 0 aliphatic rings. The first-order chi connectivity index (χ1) is 7.47. The van der Waals surface area contributed by atoms with E-state index in [1.807, 2.05) is 0 Å². The molecular formula is C7H12N6O3. The molecule has 0 aromatic heterocycles. The van der Waals surface area contributed by atoms with Gasteiger partial charge in [-0.1, -0.05) is 5.11 Å². The first kappa shape index (κ1) is 13.7. The number of nitrogens with one attached hydrogen (secondary N) is 1. The number of hydrogen-bond acceptors (Lipinski definition) is 4. The van der Waals surface area contributed by atoms with Gasteiger partial charge in [-0.15, -0.1) is 0 Å². The van der Waals surface area contributed by atoms with Crippen molar-refractivity contribution in [3.05, 3.63) is 10.4 Å². The molecular weight excluding hydrogens is 216 g/mol. The molecule has 9 heteroatoms. The molecule has 0 rings (SSSR count). The van der Waals surface area contributed by atoms with Crippen molar-refractivity contribution in [1.29, 1.82) is 0 Å². The van der Waals surface area contributed by atoms with Gasteiger partial charge in [0.1, 0.15) is 12.6 Å². The van der Waals surface area contributed by atoms with Gasteiger partial charge in [0.05, 0.1) is 0 Å². The Morgan fingerprint density at radius 1 is 1.38 bits per heavy atom. The first-order valence-electron chi connectivity index (χ1n) is 4.35. The van der Waals surface area contributed by atoms with Gasteiger partial charge in [-0.3, -0.25) is 14.4 Å². The van der Waals surface area contributed by atoms with Crippen LogP contribution in [0.5, 0.6) is 0 Å². The third-order valence-corrected chi connectivity index (χ3v) is 1.64. The molecule has 0 aromatic rings. The fraction of sp³-hybridized carbons (Fsp3) is 0.571. The van der Waals surface area contributed by atoms with E-state index >= 15 is 0 Å². The summed E-state index contributed by atoms with van der Waals surface area (Å²) in [5.41, 5.74) is 17.8. The highest BCUT2D eigenvalue weighted by molar-refractivity contribution is 5.87. The van der Waals surface area contributed by atoms with Gasteiger partial charge in [0.2, 0.25) is 17.7 Å². The van der Waals surface area contributed by atoms with Crippen molar-refractivity contribution in [2.24, 2.45) is 16.6 Å². The molecule has 3 amide bonds. The standard InChI is InChI=1S/C7H12N6O3/c8-5(14)2-1-4(7(9)16)12-6(15)3-11-13-10/h4H,1-3H2,(H2,8,14)(H2,9,16)(H,12,15). The molecule has 0 saturated carbocycles. The summed E-state index contributed by atoms with van der Waals surface area (Å²) in [5.74, 6) is -2.03. The predicted molar refractivity (Wildman–Crippen MR) is 53.6 cm³/mol. The van der Waals surface area contributed by atoms with E-state index < -0.39 is 30.3 Å². The van der Waals surface area contributed by atoms with Crippen LogP contribution in [0.2, 0.25) is 0 Å². The molecule has 0 spiro atoms. The summed E-state index contributed by atoms with van der Waals surface area (Å²) in [7, 11) is 0. The average Bonchev–Trinajstić information content (AvgIpc) is 2.20. The predicted octanol–water partition coefficient (Wildman–Crippen LogP) is -1.47. The molecule has 0 bridgehead atoms. The lowest BCUT2D eigenvalue weighted by Crippen LogP contribution is -2.45. The highest BCUT2D eigenvalue weighted by Crippen LogP contribution is 1.96. The maximum absolute atomic E-state index is 11.1. The molecule has 88 valence electrons. The third-order valence-electron chi connectivity index (χ3n) is 1.64. The van der Waals surface area contributed by atoms with Crippen LogP contribution in [-0.2, 0) is 14.4 Å². The fourth-order valence-corrected chi connectivity index (χ4v) is 0.908. The lowest BCUT2D eigenvalue weighted by Gasteiger charge is -2.13. The number of amides is 3. The fourth-order valence-electron chi connectivity index (χ4n) is 0.908. The van der Waals surface area contributed by atoms with Crippen molar-refractivity contribution in [1.82, 2.24) is 5.32 Å². The van der Waals surface area contributed by atoms with Crippen molar-refractivity contribution in [3.8, 4) is 0 Å². The van der Waals surface area contributed by atoms with Crippen LogP contribution in [-0.4, -0.2) is 30.3 Å². The molecule has 16 heavy (non-hydrogen) atoms. The summed E-state index contributed by atoms with van der Waals surface area (Å²) in [6.45, 7) is -0.434. The first-order valence-corrected chi connectivity index (χ1v) is 4.35. The summed E-state index contributed by atoms with van der Waals surface area (Å²) >= 11 is 0. The normalized spacial score (nSPS) is 11.0. The minimum atomic E-state index is -0.992. The number of carbonyl (C=O) groups is 3. The van der Waals surface area contributed by atoms with Gasteiger partial charge < -0.3 is 16.8 Å². The Kier molecular flexibility index (Phi) is 6.06. The van der Waals surface area contributed by atoms with E-state index in [0.29, 0.717) is 0 Å². The van der Waals surface area contributed by atoms with Gasteiger partial charge in [-0.25, -0.2) is 0 Å². The van der Waals surface area contributed by atoms with Gasteiger partial charge >= 0.3 is 0 Å². The van der Waals surface area contributed by atoms with Crippen LogP contribution < -0.4 is 16.8 Å². The van der Waals surface area contributed by atoms with Crippen LogP contribution in [0.4, 0.5) is 0 Å². The van der Waals surface area contributed by atoms with Gasteiger partial charge in [-0.05, 0) is 12.0 Å². The van der Waals surface area contributed by atoms with Crippen molar-refractivity contribution < 1.29 is 14.4 Å². The Bertz CT molecular complexity index is 335. The summed E-state index contributed by atoms with van der Waals surface area (Å²) in [6, 6.07) is -0.992.